The summed E-state index contributed by atoms with van der Waals surface area (Å²) < 4.78 is 41.0. The van der Waals surface area contributed by atoms with Gasteiger partial charge in [-0.1, -0.05) is 19.8 Å². The third-order valence-corrected chi connectivity index (χ3v) is 5.66. The molecule has 0 radical (unpaired) electrons. The third-order valence-electron chi connectivity index (χ3n) is 4.28. The van der Waals surface area contributed by atoms with E-state index in [9.17, 15) is 12.8 Å². The lowest BCUT2D eigenvalue weighted by atomic mass is 9.89. The summed E-state index contributed by atoms with van der Waals surface area (Å²) in [6.07, 6.45) is 4.28. The summed E-state index contributed by atoms with van der Waals surface area (Å²) in [6.45, 7) is 3.44. The van der Waals surface area contributed by atoms with Crippen LogP contribution in [0.2, 0.25) is 0 Å². The average Bonchev–Trinajstić information content (AvgIpc) is 2.87. The highest BCUT2D eigenvalue weighted by atomic mass is 32.2. The van der Waals surface area contributed by atoms with Gasteiger partial charge in [0.1, 0.15) is 5.82 Å². The van der Waals surface area contributed by atoms with E-state index < -0.39 is 22.4 Å². The SMILES string of the molecule is Cc1cc(S(=O)(=O)NCC2(C)CCCC2)cc(CO)c1F. The maximum atomic E-state index is 13.7. The predicted molar refractivity (Wildman–Crippen MR) is 78.8 cm³/mol. The highest BCUT2D eigenvalue weighted by Crippen LogP contribution is 2.37. The molecule has 1 aliphatic rings. The summed E-state index contributed by atoms with van der Waals surface area (Å²) in [5.41, 5.74) is 0.221. The molecule has 2 rings (SSSR count). The largest absolute Gasteiger partial charge is 0.392 e. The Kier molecular flexibility index (Phi) is 4.70. The molecule has 0 bridgehead atoms. The molecule has 1 aromatic rings. The first-order valence-electron chi connectivity index (χ1n) is 7.17. The summed E-state index contributed by atoms with van der Waals surface area (Å²) in [5, 5.41) is 9.12. The molecule has 1 aliphatic carbocycles. The molecule has 1 saturated carbocycles. The average molecular weight is 315 g/mol. The van der Waals surface area contributed by atoms with Crippen LogP contribution in [0.15, 0.2) is 17.0 Å². The van der Waals surface area contributed by atoms with Gasteiger partial charge in [-0.2, -0.15) is 0 Å². The van der Waals surface area contributed by atoms with E-state index in [0.717, 1.165) is 25.7 Å². The number of benzene rings is 1. The Labute approximate surface area is 125 Å². The highest BCUT2D eigenvalue weighted by Gasteiger charge is 2.30. The van der Waals surface area contributed by atoms with Gasteiger partial charge < -0.3 is 5.11 Å². The van der Waals surface area contributed by atoms with E-state index in [-0.39, 0.29) is 21.4 Å². The topological polar surface area (TPSA) is 66.4 Å². The van der Waals surface area contributed by atoms with Crippen molar-refractivity contribution in [1.82, 2.24) is 4.72 Å². The number of hydrogen-bond donors (Lipinski definition) is 2. The van der Waals surface area contributed by atoms with Crippen molar-refractivity contribution >= 4 is 10.0 Å². The highest BCUT2D eigenvalue weighted by molar-refractivity contribution is 7.89. The molecule has 0 aromatic heterocycles. The fourth-order valence-corrected chi connectivity index (χ4v) is 4.17. The first kappa shape index (κ1) is 16.4. The van der Waals surface area contributed by atoms with Crippen LogP contribution in [0.25, 0.3) is 0 Å². The second-order valence-corrected chi connectivity index (χ2v) is 7.98. The maximum Gasteiger partial charge on any atom is 0.240 e. The van der Waals surface area contributed by atoms with Gasteiger partial charge in [-0.3, -0.25) is 0 Å². The van der Waals surface area contributed by atoms with E-state index in [2.05, 4.69) is 11.6 Å². The van der Waals surface area contributed by atoms with Crippen LogP contribution in [-0.4, -0.2) is 20.1 Å². The van der Waals surface area contributed by atoms with Gasteiger partial charge in [0.15, 0.2) is 0 Å². The Balaban J connectivity index is 2.21. The number of aliphatic hydroxyl groups is 1. The first-order chi connectivity index (χ1) is 9.77. The van der Waals surface area contributed by atoms with Crippen molar-refractivity contribution in [2.75, 3.05) is 6.54 Å². The molecular formula is C15H22FNO3S. The minimum atomic E-state index is -3.69. The summed E-state index contributed by atoms with van der Waals surface area (Å²) in [4.78, 5) is 0.00652. The molecule has 21 heavy (non-hydrogen) atoms. The van der Waals surface area contributed by atoms with E-state index in [1.165, 1.54) is 19.1 Å². The smallest absolute Gasteiger partial charge is 0.240 e. The molecule has 0 spiro atoms. The molecule has 1 aromatic carbocycles. The zero-order chi connectivity index (χ0) is 15.7. The Hall–Kier alpha value is -0.980. The molecule has 0 saturated heterocycles. The minimum absolute atomic E-state index is 0.00194. The molecule has 0 atom stereocenters. The van der Waals surface area contributed by atoms with E-state index >= 15 is 0 Å². The second kappa shape index (κ2) is 6.02. The van der Waals surface area contributed by atoms with Gasteiger partial charge in [0, 0.05) is 12.1 Å². The van der Waals surface area contributed by atoms with Crippen LogP contribution < -0.4 is 4.72 Å². The van der Waals surface area contributed by atoms with Crippen molar-refractivity contribution in [1.29, 1.82) is 0 Å². The van der Waals surface area contributed by atoms with Crippen molar-refractivity contribution in [3.63, 3.8) is 0 Å². The maximum absolute atomic E-state index is 13.7. The standard InChI is InChI=1S/C15H22FNO3S/c1-11-7-13(8-12(9-18)14(11)16)21(19,20)17-10-15(2)5-3-4-6-15/h7-8,17-18H,3-6,9-10H2,1-2H3. The van der Waals surface area contributed by atoms with E-state index in [1.807, 2.05) is 0 Å². The lowest BCUT2D eigenvalue weighted by Gasteiger charge is -2.23. The number of hydrogen-bond acceptors (Lipinski definition) is 3. The summed E-state index contributed by atoms with van der Waals surface area (Å²) in [6, 6.07) is 2.50. The van der Waals surface area contributed by atoms with Crippen LogP contribution in [0.3, 0.4) is 0 Å². The third kappa shape index (κ3) is 3.62. The van der Waals surface area contributed by atoms with E-state index in [4.69, 9.17) is 5.11 Å². The number of nitrogens with one attached hydrogen (secondary N) is 1. The van der Waals surface area contributed by atoms with Crippen LogP contribution in [-0.2, 0) is 16.6 Å². The number of halogens is 1. The number of aliphatic hydroxyl groups excluding tert-OH is 1. The van der Waals surface area contributed by atoms with Gasteiger partial charge >= 0.3 is 0 Å². The second-order valence-electron chi connectivity index (χ2n) is 6.21. The Morgan fingerprint density at radius 3 is 2.52 bits per heavy atom. The predicted octanol–water partition coefficient (Wildman–Crippen LogP) is 2.49. The van der Waals surface area contributed by atoms with Crippen molar-refractivity contribution in [2.24, 2.45) is 5.41 Å². The number of aryl methyl sites for hydroxylation is 1. The van der Waals surface area contributed by atoms with Crippen LogP contribution in [0.1, 0.15) is 43.7 Å². The minimum Gasteiger partial charge on any atom is -0.392 e. The fraction of sp³-hybridized carbons (Fsp3) is 0.600. The van der Waals surface area contributed by atoms with E-state index in [1.54, 1.807) is 0 Å². The monoisotopic (exact) mass is 315 g/mol. The van der Waals surface area contributed by atoms with Crippen molar-refractivity contribution in [3.8, 4) is 0 Å². The molecular weight excluding hydrogens is 293 g/mol. The fourth-order valence-electron chi connectivity index (χ4n) is 2.83. The molecule has 6 heteroatoms. The van der Waals surface area contributed by atoms with Gasteiger partial charge in [0.25, 0.3) is 0 Å². The Morgan fingerprint density at radius 1 is 1.33 bits per heavy atom. The zero-order valence-corrected chi connectivity index (χ0v) is 13.3. The molecule has 0 unspecified atom stereocenters. The lowest BCUT2D eigenvalue weighted by Crippen LogP contribution is -2.34. The number of rotatable bonds is 5. The van der Waals surface area contributed by atoms with Crippen LogP contribution in [0, 0.1) is 18.2 Å². The quantitative estimate of drug-likeness (QED) is 0.877. The van der Waals surface area contributed by atoms with Gasteiger partial charge in [0.2, 0.25) is 10.0 Å². The van der Waals surface area contributed by atoms with Crippen molar-refractivity contribution in [3.05, 3.63) is 29.1 Å². The zero-order valence-electron chi connectivity index (χ0n) is 12.4. The van der Waals surface area contributed by atoms with Crippen LogP contribution >= 0.6 is 0 Å². The summed E-state index contributed by atoms with van der Waals surface area (Å²) in [5.74, 6) is -0.556. The summed E-state index contributed by atoms with van der Waals surface area (Å²) in [7, 11) is -3.69. The summed E-state index contributed by atoms with van der Waals surface area (Å²) >= 11 is 0. The molecule has 0 amide bonds. The van der Waals surface area contributed by atoms with Crippen LogP contribution in [0.5, 0.6) is 0 Å². The van der Waals surface area contributed by atoms with E-state index in [0.29, 0.717) is 6.54 Å². The molecule has 2 N–H and O–H groups in total. The van der Waals surface area contributed by atoms with Gasteiger partial charge in [-0.05, 0) is 42.9 Å². The van der Waals surface area contributed by atoms with Gasteiger partial charge in [0.05, 0.1) is 11.5 Å². The van der Waals surface area contributed by atoms with Gasteiger partial charge in [-0.25, -0.2) is 17.5 Å². The van der Waals surface area contributed by atoms with Gasteiger partial charge in [-0.15, -0.1) is 0 Å². The molecule has 4 nitrogen and oxygen atoms in total. The molecule has 0 heterocycles. The van der Waals surface area contributed by atoms with Crippen molar-refractivity contribution < 1.29 is 17.9 Å². The van der Waals surface area contributed by atoms with Crippen molar-refractivity contribution in [2.45, 2.75) is 51.0 Å². The Morgan fingerprint density at radius 2 is 1.95 bits per heavy atom. The Bertz CT molecular complexity index is 622. The van der Waals surface area contributed by atoms with Crippen LogP contribution in [0.4, 0.5) is 4.39 Å². The first-order valence-corrected chi connectivity index (χ1v) is 8.65. The molecule has 0 aliphatic heterocycles. The lowest BCUT2D eigenvalue weighted by molar-refractivity contribution is 0.275. The molecule has 1 fully saturated rings. The normalized spacial score (nSPS) is 18.1. The molecule has 118 valence electrons. The number of sulfonamides is 1.